The summed E-state index contributed by atoms with van der Waals surface area (Å²) in [7, 11) is 1.88. The number of nitrogens with zero attached hydrogens (tertiary/aromatic N) is 3. The number of rotatable bonds is 5. The number of anilines is 2. The molecule has 0 aromatic carbocycles. The molecule has 1 aliphatic rings. The summed E-state index contributed by atoms with van der Waals surface area (Å²) in [5.74, 6) is 1.01. The van der Waals surface area contributed by atoms with Crippen molar-refractivity contribution < 1.29 is 9.84 Å². The summed E-state index contributed by atoms with van der Waals surface area (Å²) in [6.07, 6.45) is 5.26. The van der Waals surface area contributed by atoms with Gasteiger partial charge >= 0.3 is 0 Å². The molecule has 1 saturated carbocycles. The zero-order valence-electron chi connectivity index (χ0n) is 11.6. The van der Waals surface area contributed by atoms with E-state index in [2.05, 4.69) is 9.97 Å². The lowest BCUT2D eigenvalue weighted by molar-refractivity contribution is 0.0558. The number of ether oxygens (including phenoxy) is 1. The Labute approximate surface area is 113 Å². The fraction of sp³-hybridized carbons (Fsp3) is 0.692. The van der Waals surface area contributed by atoms with Crippen LogP contribution < -0.4 is 15.4 Å². The Morgan fingerprint density at radius 2 is 2.11 bits per heavy atom. The van der Waals surface area contributed by atoms with Gasteiger partial charge in [-0.3, -0.25) is 0 Å². The van der Waals surface area contributed by atoms with E-state index in [0.717, 1.165) is 25.7 Å². The van der Waals surface area contributed by atoms with Crippen LogP contribution in [0.2, 0.25) is 0 Å². The molecular formula is C13H22N4O2. The van der Waals surface area contributed by atoms with Crippen molar-refractivity contribution in [2.24, 2.45) is 0 Å². The Bertz CT molecular complexity index is 433. The summed E-state index contributed by atoms with van der Waals surface area (Å²) in [4.78, 5) is 10.1. The lowest BCUT2D eigenvalue weighted by atomic mass is 10.0. The summed E-state index contributed by atoms with van der Waals surface area (Å²) in [6.45, 7) is 2.92. The highest BCUT2D eigenvalue weighted by Crippen LogP contribution is 2.33. The zero-order chi connectivity index (χ0) is 13.9. The van der Waals surface area contributed by atoms with Crippen LogP contribution in [0, 0.1) is 0 Å². The summed E-state index contributed by atoms with van der Waals surface area (Å²) < 4.78 is 5.36. The Balaban J connectivity index is 2.14. The van der Waals surface area contributed by atoms with E-state index in [9.17, 15) is 5.11 Å². The number of hydrogen-bond acceptors (Lipinski definition) is 6. The Kier molecular flexibility index (Phi) is 4.09. The highest BCUT2D eigenvalue weighted by Gasteiger charge is 2.33. The van der Waals surface area contributed by atoms with Crippen molar-refractivity contribution in [3.05, 3.63) is 6.33 Å². The van der Waals surface area contributed by atoms with Crippen LogP contribution in [0.3, 0.4) is 0 Å². The molecule has 1 fully saturated rings. The molecule has 0 unspecified atom stereocenters. The number of aliphatic hydroxyl groups is 1. The third-order valence-corrected chi connectivity index (χ3v) is 3.53. The van der Waals surface area contributed by atoms with Crippen LogP contribution in [-0.2, 0) is 0 Å². The molecule has 19 heavy (non-hydrogen) atoms. The normalized spacial score (nSPS) is 17.4. The number of aromatic nitrogens is 2. The van der Waals surface area contributed by atoms with Crippen LogP contribution in [0.1, 0.15) is 32.6 Å². The molecule has 0 radical (unpaired) electrons. The van der Waals surface area contributed by atoms with Crippen LogP contribution in [0.5, 0.6) is 5.88 Å². The van der Waals surface area contributed by atoms with Gasteiger partial charge in [0.25, 0.3) is 0 Å². The van der Waals surface area contributed by atoms with Gasteiger partial charge in [-0.2, -0.15) is 4.98 Å². The van der Waals surface area contributed by atoms with Crippen molar-refractivity contribution in [1.29, 1.82) is 0 Å². The van der Waals surface area contributed by atoms with Crippen molar-refractivity contribution in [3.63, 3.8) is 0 Å². The average Bonchev–Trinajstić information content (AvgIpc) is 2.78. The smallest absolute Gasteiger partial charge is 0.242 e. The molecule has 0 amide bonds. The highest BCUT2D eigenvalue weighted by molar-refractivity contribution is 5.67. The fourth-order valence-electron chi connectivity index (χ4n) is 2.63. The molecular weight excluding hydrogens is 244 g/mol. The monoisotopic (exact) mass is 266 g/mol. The minimum Gasteiger partial charge on any atom is -0.476 e. The summed E-state index contributed by atoms with van der Waals surface area (Å²) in [6, 6.07) is 0. The largest absolute Gasteiger partial charge is 0.476 e. The molecule has 1 aromatic rings. The minimum atomic E-state index is -0.627. The first-order valence-corrected chi connectivity index (χ1v) is 6.72. The number of nitrogens with two attached hydrogens (primary N) is 1. The van der Waals surface area contributed by atoms with Gasteiger partial charge in [0.05, 0.1) is 12.2 Å². The molecule has 6 heteroatoms. The van der Waals surface area contributed by atoms with Crippen molar-refractivity contribution in [2.45, 2.75) is 38.2 Å². The lowest BCUT2D eigenvalue weighted by Gasteiger charge is -2.29. The van der Waals surface area contributed by atoms with Gasteiger partial charge in [-0.05, 0) is 19.8 Å². The minimum absolute atomic E-state index is 0.401. The van der Waals surface area contributed by atoms with E-state index >= 15 is 0 Å². The number of hydrogen-bond donors (Lipinski definition) is 2. The Hall–Kier alpha value is -1.56. The molecule has 1 heterocycles. The standard InChI is InChI=1S/C13H22N4O2/c1-3-19-12-10(14)11(15-9-16-12)17(2)8-13(18)6-4-5-7-13/h9,18H,3-8,14H2,1-2H3. The Morgan fingerprint density at radius 1 is 1.42 bits per heavy atom. The molecule has 0 saturated heterocycles. The molecule has 1 aliphatic carbocycles. The van der Waals surface area contributed by atoms with Crippen molar-refractivity contribution in [1.82, 2.24) is 9.97 Å². The van der Waals surface area contributed by atoms with Gasteiger partial charge in [0.15, 0.2) is 5.82 Å². The second kappa shape index (κ2) is 5.61. The first kappa shape index (κ1) is 13.9. The third kappa shape index (κ3) is 3.07. The molecule has 3 N–H and O–H groups in total. The van der Waals surface area contributed by atoms with E-state index in [1.54, 1.807) is 0 Å². The van der Waals surface area contributed by atoms with E-state index < -0.39 is 5.60 Å². The van der Waals surface area contributed by atoms with E-state index in [1.165, 1.54) is 6.33 Å². The second-order valence-corrected chi connectivity index (χ2v) is 5.14. The van der Waals surface area contributed by atoms with Gasteiger partial charge < -0.3 is 20.5 Å². The quantitative estimate of drug-likeness (QED) is 0.833. The maximum Gasteiger partial charge on any atom is 0.242 e. The lowest BCUT2D eigenvalue weighted by Crippen LogP contribution is -2.39. The van der Waals surface area contributed by atoms with Gasteiger partial charge in [-0.15, -0.1) is 0 Å². The number of nitrogen functional groups attached to an aromatic ring is 1. The predicted octanol–water partition coefficient (Wildman–Crippen LogP) is 1.20. The van der Waals surface area contributed by atoms with Crippen LogP contribution >= 0.6 is 0 Å². The molecule has 106 valence electrons. The molecule has 1 aromatic heterocycles. The molecule has 0 spiro atoms. The first-order valence-electron chi connectivity index (χ1n) is 6.72. The van der Waals surface area contributed by atoms with Gasteiger partial charge in [0, 0.05) is 13.6 Å². The predicted molar refractivity (Wildman–Crippen MR) is 74.3 cm³/mol. The SMILES string of the molecule is CCOc1ncnc(N(C)CC2(O)CCCC2)c1N. The van der Waals surface area contributed by atoms with Gasteiger partial charge in [0.2, 0.25) is 5.88 Å². The summed E-state index contributed by atoms with van der Waals surface area (Å²) in [5, 5.41) is 10.4. The van der Waals surface area contributed by atoms with Crippen LogP contribution in [-0.4, -0.2) is 40.9 Å². The maximum absolute atomic E-state index is 10.4. The third-order valence-electron chi connectivity index (χ3n) is 3.53. The topological polar surface area (TPSA) is 84.5 Å². The summed E-state index contributed by atoms with van der Waals surface area (Å²) in [5.41, 5.74) is 5.81. The summed E-state index contributed by atoms with van der Waals surface area (Å²) >= 11 is 0. The van der Waals surface area contributed by atoms with Crippen LogP contribution in [0.4, 0.5) is 11.5 Å². The fourth-order valence-corrected chi connectivity index (χ4v) is 2.63. The zero-order valence-corrected chi connectivity index (χ0v) is 11.6. The Morgan fingerprint density at radius 3 is 2.74 bits per heavy atom. The molecule has 2 rings (SSSR count). The van der Waals surface area contributed by atoms with Crippen molar-refractivity contribution in [2.75, 3.05) is 30.8 Å². The van der Waals surface area contributed by atoms with E-state index in [4.69, 9.17) is 10.5 Å². The molecule has 0 aliphatic heterocycles. The van der Waals surface area contributed by atoms with Crippen molar-refractivity contribution >= 4 is 11.5 Å². The van der Waals surface area contributed by atoms with Gasteiger partial charge in [0.1, 0.15) is 12.0 Å². The van der Waals surface area contributed by atoms with Gasteiger partial charge in [-0.1, -0.05) is 12.8 Å². The van der Waals surface area contributed by atoms with Gasteiger partial charge in [-0.25, -0.2) is 4.98 Å². The first-order chi connectivity index (χ1) is 9.06. The van der Waals surface area contributed by atoms with Crippen molar-refractivity contribution in [3.8, 4) is 5.88 Å². The molecule has 6 nitrogen and oxygen atoms in total. The van der Waals surface area contributed by atoms with E-state index in [1.807, 2.05) is 18.9 Å². The maximum atomic E-state index is 10.4. The van der Waals surface area contributed by atoms with Crippen LogP contribution in [0.15, 0.2) is 6.33 Å². The highest BCUT2D eigenvalue weighted by atomic mass is 16.5. The number of likely N-dealkylation sites (N-methyl/N-ethyl adjacent to an activating group) is 1. The second-order valence-electron chi connectivity index (χ2n) is 5.14. The average molecular weight is 266 g/mol. The van der Waals surface area contributed by atoms with Crippen LogP contribution in [0.25, 0.3) is 0 Å². The van der Waals surface area contributed by atoms with E-state index in [-0.39, 0.29) is 0 Å². The van der Waals surface area contributed by atoms with E-state index in [0.29, 0.717) is 30.5 Å². The molecule has 0 bridgehead atoms. The molecule has 0 atom stereocenters.